The van der Waals surface area contributed by atoms with Crippen molar-refractivity contribution in [2.24, 2.45) is 0 Å². The van der Waals surface area contributed by atoms with E-state index in [9.17, 15) is 9.59 Å². The van der Waals surface area contributed by atoms with E-state index in [1.54, 1.807) is 12.1 Å². The predicted octanol–water partition coefficient (Wildman–Crippen LogP) is 3.93. The fraction of sp³-hybridized carbons (Fsp3) is 0.211. The number of aryl methyl sites for hydroxylation is 1. The smallest absolute Gasteiger partial charge is 0.347 e. The molecule has 0 N–H and O–H groups in total. The zero-order valence-electron chi connectivity index (χ0n) is 15.4. The molecule has 0 atom stereocenters. The molecule has 3 aromatic rings. The van der Waals surface area contributed by atoms with Crippen molar-refractivity contribution in [2.75, 3.05) is 14.2 Å². The van der Waals surface area contributed by atoms with Gasteiger partial charge in [-0.2, -0.15) is 0 Å². The lowest BCUT2D eigenvalue weighted by Crippen LogP contribution is -2.15. The molecule has 2 heterocycles. The normalized spacial score (nSPS) is 10.5. The minimum absolute atomic E-state index is 0.139. The summed E-state index contributed by atoms with van der Waals surface area (Å²) in [5.41, 5.74) is 0.636. The van der Waals surface area contributed by atoms with Crippen LogP contribution in [0.1, 0.15) is 21.8 Å². The lowest BCUT2D eigenvalue weighted by Gasteiger charge is -2.11. The van der Waals surface area contributed by atoms with E-state index in [2.05, 4.69) is 4.98 Å². The van der Waals surface area contributed by atoms with Gasteiger partial charge in [0.25, 0.3) is 0 Å². The van der Waals surface area contributed by atoms with Crippen molar-refractivity contribution in [1.82, 2.24) is 4.98 Å². The number of thioether (sulfide) groups is 1. The maximum atomic E-state index is 12.5. The largest absolute Gasteiger partial charge is 0.493 e. The number of rotatable bonds is 7. The number of carbonyl (C=O) groups is 1. The molecule has 9 heteroatoms. The maximum absolute atomic E-state index is 12.5. The number of carbonyl (C=O) groups excluding carboxylic acids is 1. The number of methoxy groups -OCH3 is 2. The Morgan fingerprint density at radius 1 is 1.25 bits per heavy atom. The van der Waals surface area contributed by atoms with Gasteiger partial charge in [-0.15, -0.1) is 11.3 Å². The first-order chi connectivity index (χ1) is 13.5. The minimum Gasteiger partial charge on any atom is -0.493 e. The third-order valence-corrected chi connectivity index (χ3v) is 5.77. The van der Waals surface area contributed by atoms with E-state index in [-0.39, 0.29) is 17.1 Å². The van der Waals surface area contributed by atoms with Crippen LogP contribution in [0.5, 0.6) is 17.2 Å². The average molecular weight is 419 g/mol. The average Bonchev–Trinajstić information content (AvgIpc) is 3.12. The van der Waals surface area contributed by atoms with Gasteiger partial charge in [0.05, 0.1) is 20.0 Å². The van der Waals surface area contributed by atoms with E-state index in [4.69, 9.17) is 18.6 Å². The van der Waals surface area contributed by atoms with Gasteiger partial charge in [0.1, 0.15) is 17.6 Å². The molecule has 28 heavy (non-hydrogen) atoms. The van der Waals surface area contributed by atoms with Gasteiger partial charge in [-0.1, -0.05) is 17.8 Å². The molecule has 1 aromatic carbocycles. The van der Waals surface area contributed by atoms with Crippen LogP contribution in [-0.4, -0.2) is 25.2 Å². The van der Waals surface area contributed by atoms with Crippen LogP contribution in [0.3, 0.4) is 0 Å². The zero-order chi connectivity index (χ0) is 20.1. The Kier molecular flexibility index (Phi) is 6.37. The summed E-state index contributed by atoms with van der Waals surface area (Å²) in [7, 11) is 2.88. The van der Waals surface area contributed by atoms with Crippen LogP contribution >= 0.6 is 23.1 Å². The summed E-state index contributed by atoms with van der Waals surface area (Å²) in [6.45, 7) is 1.92. The summed E-state index contributed by atoms with van der Waals surface area (Å²) in [5, 5.41) is 1.95. The van der Waals surface area contributed by atoms with Gasteiger partial charge in [0.2, 0.25) is 11.2 Å². The molecule has 0 aliphatic heterocycles. The van der Waals surface area contributed by atoms with Crippen LogP contribution in [-0.2, 0) is 5.75 Å². The standard InChI is InChI=1S/C19H17NO6S2/c1-11-9-27-19(20-11)28-10-12-7-14(21)16(8-25-12)26-18(22)13-5-4-6-15(23-2)17(13)24-3/h4-9H,10H2,1-3H3. The second-order valence-electron chi connectivity index (χ2n) is 5.55. The monoisotopic (exact) mass is 419 g/mol. The number of para-hydroxylation sites is 1. The molecule has 0 aliphatic rings. The molecule has 0 spiro atoms. The van der Waals surface area contributed by atoms with Gasteiger partial charge < -0.3 is 18.6 Å². The van der Waals surface area contributed by atoms with Crippen molar-refractivity contribution in [3.8, 4) is 17.2 Å². The molecule has 0 fully saturated rings. The highest BCUT2D eigenvalue weighted by Gasteiger charge is 2.20. The molecular formula is C19H17NO6S2. The van der Waals surface area contributed by atoms with E-state index < -0.39 is 11.4 Å². The number of benzene rings is 1. The number of nitrogens with zero attached hydrogens (tertiary/aromatic N) is 1. The van der Waals surface area contributed by atoms with Crippen molar-refractivity contribution in [3.63, 3.8) is 0 Å². The van der Waals surface area contributed by atoms with Gasteiger partial charge in [-0.25, -0.2) is 9.78 Å². The summed E-state index contributed by atoms with van der Waals surface area (Å²) in [5.74, 6) is 0.568. The van der Waals surface area contributed by atoms with Crippen LogP contribution in [0.2, 0.25) is 0 Å². The van der Waals surface area contributed by atoms with E-state index >= 15 is 0 Å². The van der Waals surface area contributed by atoms with Crippen LogP contribution in [0.25, 0.3) is 0 Å². The first kappa shape index (κ1) is 20.0. The second-order valence-corrected chi connectivity index (χ2v) is 7.63. The van der Waals surface area contributed by atoms with Crippen LogP contribution in [0.15, 0.2) is 49.5 Å². The number of esters is 1. The SMILES string of the molecule is COc1cccc(C(=O)Oc2coc(CSc3nc(C)cs3)cc2=O)c1OC. The van der Waals surface area contributed by atoms with Crippen molar-refractivity contribution in [3.05, 3.63) is 63.1 Å². The number of aromatic nitrogens is 1. The van der Waals surface area contributed by atoms with Gasteiger partial charge in [-0.05, 0) is 19.1 Å². The lowest BCUT2D eigenvalue weighted by molar-refractivity contribution is 0.0724. The van der Waals surface area contributed by atoms with Gasteiger partial charge in [-0.3, -0.25) is 4.79 Å². The Labute approximate surface area is 169 Å². The highest BCUT2D eigenvalue weighted by molar-refractivity contribution is 8.00. The predicted molar refractivity (Wildman–Crippen MR) is 106 cm³/mol. The molecule has 7 nitrogen and oxygen atoms in total. The Morgan fingerprint density at radius 2 is 2.07 bits per heavy atom. The molecule has 0 saturated heterocycles. The molecule has 0 saturated carbocycles. The first-order valence-corrected chi connectivity index (χ1v) is 9.98. The molecule has 3 rings (SSSR count). The third kappa shape index (κ3) is 4.55. The van der Waals surface area contributed by atoms with Gasteiger partial charge >= 0.3 is 5.97 Å². The van der Waals surface area contributed by atoms with Crippen molar-refractivity contribution in [2.45, 2.75) is 17.0 Å². The molecule has 0 aliphatic carbocycles. The molecule has 146 valence electrons. The second kappa shape index (κ2) is 8.94. The maximum Gasteiger partial charge on any atom is 0.347 e. The van der Waals surface area contributed by atoms with Gasteiger partial charge in [0, 0.05) is 17.1 Å². The lowest BCUT2D eigenvalue weighted by atomic mass is 10.2. The first-order valence-electron chi connectivity index (χ1n) is 8.11. The molecule has 0 unspecified atom stereocenters. The molecule has 0 amide bonds. The fourth-order valence-electron chi connectivity index (χ4n) is 2.32. The van der Waals surface area contributed by atoms with Gasteiger partial charge in [0.15, 0.2) is 15.8 Å². The fourth-order valence-corrected chi connectivity index (χ4v) is 4.06. The minimum atomic E-state index is -0.747. The summed E-state index contributed by atoms with van der Waals surface area (Å²) < 4.78 is 21.9. The number of hydrogen-bond acceptors (Lipinski definition) is 9. The highest BCUT2D eigenvalue weighted by atomic mass is 32.2. The van der Waals surface area contributed by atoms with Crippen molar-refractivity contribution >= 4 is 29.1 Å². The van der Waals surface area contributed by atoms with E-state index in [1.807, 2.05) is 12.3 Å². The third-order valence-electron chi connectivity index (χ3n) is 3.61. The summed E-state index contributed by atoms with van der Waals surface area (Å²) in [6, 6.07) is 6.10. The van der Waals surface area contributed by atoms with E-state index in [0.717, 1.165) is 16.3 Å². The van der Waals surface area contributed by atoms with Crippen LogP contribution in [0.4, 0.5) is 0 Å². The summed E-state index contributed by atoms with van der Waals surface area (Å²) in [4.78, 5) is 29.1. The van der Waals surface area contributed by atoms with Crippen LogP contribution in [0, 0.1) is 6.92 Å². The topological polar surface area (TPSA) is 87.9 Å². The number of ether oxygens (including phenoxy) is 3. The quantitative estimate of drug-likeness (QED) is 0.420. The molecule has 2 aromatic heterocycles. The number of thiazole rings is 1. The molecule has 0 bridgehead atoms. The Hall–Kier alpha value is -2.78. The highest BCUT2D eigenvalue weighted by Crippen LogP contribution is 2.31. The Morgan fingerprint density at radius 3 is 2.71 bits per heavy atom. The Balaban J connectivity index is 1.73. The zero-order valence-corrected chi connectivity index (χ0v) is 17.0. The number of hydrogen-bond donors (Lipinski definition) is 0. The molecule has 0 radical (unpaired) electrons. The molecular weight excluding hydrogens is 402 g/mol. The summed E-state index contributed by atoms with van der Waals surface area (Å²) in [6.07, 6.45) is 1.13. The van der Waals surface area contributed by atoms with Crippen LogP contribution < -0.4 is 19.6 Å². The van der Waals surface area contributed by atoms with E-state index in [1.165, 1.54) is 49.5 Å². The van der Waals surface area contributed by atoms with E-state index in [0.29, 0.717) is 17.3 Å². The van der Waals surface area contributed by atoms with Crippen molar-refractivity contribution < 1.29 is 23.4 Å². The summed E-state index contributed by atoms with van der Waals surface area (Å²) >= 11 is 2.99. The Bertz CT molecular complexity index is 1040. The van der Waals surface area contributed by atoms with Crippen molar-refractivity contribution in [1.29, 1.82) is 0 Å².